The van der Waals surface area contributed by atoms with Gasteiger partial charge in [0.05, 0.1) is 0 Å². The van der Waals surface area contributed by atoms with E-state index in [9.17, 15) is 0 Å². The number of benzene rings is 9. The van der Waals surface area contributed by atoms with Crippen molar-refractivity contribution in [2.45, 2.75) is 0 Å². The molecule has 0 N–H and O–H groups in total. The van der Waals surface area contributed by atoms with E-state index in [1.165, 1.54) is 16.5 Å². The first kappa shape index (κ1) is 29.6. The average Bonchev–Trinajstić information content (AvgIpc) is 3.81. The maximum atomic E-state index is 6.69. The largest absolute Gasteiger partial charge is 0.455 e. The lowest BCUT2D eigenvalue weighted by molar-refractivity contribution is 0.672. The molecule has 0 aliphatic rings. The Morgan fingerprint density at radius 3 is 1.64 bits per heavy atom. The van der Waals surface area contributed by atoms with E-state index in [0.717, 1.165) is 88.2 Å². The number of rotatable bonds is 5. The van der Waals surface area contributed by atoms with Gasteiger partial charge in [-0.25, -0.2) is 0 Å². The van der Waals surface area contributed by atoms with Gasteiger partial charge in [0.25, 0.3) is 0 Å². The molecule has 9 aromatic carbocycles. The third-order valence-electron chi connectivity index (χ3n) is 10.7. The standard InChI is InChI=1S/C50H31NO2/c1-2-9-32(10-3-1)33-17-24-37(25-18-33)51(39-28-21-36-23-29-44-42-13-6-7-16-47(42)52-50(44)46(36)31-39)38-26-19-35(20-27-38)41-14-8-15-43-45-30-22-34-11-4-5-12-40(34)49(45)53-48(41)43/h1-31H. The van der Waals surface area contributed by atoms with Crippen molar-refractivity contribution in [1.29, 1.82) is 0 Å². The Morgan fingerprint density at radius 2 is 0.849 bits per heavy atom. The van der Waals surface area contributed by atoms with Crippen LogP contribution in [-0.2, 0) is 0 Å². The number of para-hydroxylation sites is 2. The molecule has 0 aliphatic heterocycles. The maximum absolute atomic E-state index is 6.69. The van der Waals surface area contributed by atoms with Crippen molar-refractivity contribution in [3.63, 3.8) is 0 Å². The Morgan fingerprint density at radius 1 is 0.302 bits per heavy atom. The molecule has 0 spiro atoms. The van der Waals surface area contributed by atoms with E-state index in [-0.39, 0.29) is 0 Å². The molecule has 0 aliphatic carbocycles. The zero-order valence-electron chi connectivity index (χ0n) is 28.7. The Hall–Kier alpha value is -7.10. The van der Waals surface area contributed by atoms with Crippen LogP contribution in [0.4, 0.5) is 17.1 Å². The molecule has 2 heterocycles. The fraction of sp³-hybridized carbons (Fsp3) is 0. The van der Waals surface area contributed by atoms with E-state index >= 15 is 0 Å². The highest BCUT2D eigenvalue weighted by atomic mass is 16.3. The molecule has 0 amide bonds. The van der Waals surface area contributed by atoms with Gasteiger partial charge in [-0.1, -0.05) is 133 Å². The zero-order chi connectivity index (χ0) is 34.9. The molecule has 0 unspecified atom stereocenters. The number of fused-ring (bicyclic) bond motifs is 10. The zero-order valence-corrected chi connectivity index (χ0v) is 28.7. The molecule has 11 aromatic rings. The number of anilines is 3. The normalized spacial score (nSPS) is 11.8. The van der Waals surface area contributed by atoms with E-state index in [1.807, 2.05) is 12.1 Å². The van der Waals surface area contributed by atoms with Crippen LogP contribution in [0.1, 0.15) is 0 Å². The molecule has 0 fully saturated rings. The summed E-state index contributed by atoms with van der Waals surface area (Å²) < 4.78 is 13.2. The molecular weight excluding hydrogens is 647 g/mol. The summed E-state index contributed by atoms with van der Waals surface area (Å²) in [7, 11) is 0. The van der Waals surface area contributed by atoms with Crippen LogP contribution < -0.4 is 4.90 Å². The van der Waals surface area contributed by atoms with Crippen molar-refractivity contribution in [2.24, 2.45) is 0 Å². The maximum Gasteiger partial charge on any atom is 0.143 e. The molecular formula is C50H31NO2. The fourth-order valence-electron chi connectivity index (χ4n) is 8.05. The van der Waals surface area contributed by atoms with Gasteiger partial charge in [-0.15, -0.1) is 0 Å². The Labute approximate surface area is 305 Å². The summed E-state index contributed by atoms with van der Waals surface area (Å²) in [6.45, 7) is 0. The topological polar surface area (TPSA) is 29.5 Å². The van der Waals surface area contributed by atoms with Gasteiger partial charge in [0.1, 0.15) is 22.3 Å². The SMILES string of the molecule is c1ccc(-c2ccc(N(c3ccc(-c4cccc5c4oc4c6ccccc6ccc54)cc3)c3ccc4ccc5c6ccccc6oc5c4c3)cc2)cc1. The second kappa shape index (κ2) is 11.7. The summed E-state index contributed by atoms with van der Waals surface area (Å²) in [5.74, 6) is 0. The lowest BCUT2D eigenvalue weighted by atomic mass is 10.0. The highest BCUT2D eigenvalue weighted by Crippen LogP contribution is 2.42. The van der Waals surface area contributed by atoms with Gasteiger partial charge in [-0.05, 0) is 82.1 Å². The van der Waals surface area contributed by atoms with Crippen LogP contribution in [0.25, 0.3) is 87.7 Å². The van der Waals surface area contributed by atoms with Crippen molar-refractivity contribution in [2.75, 3.05) is 4.90 Å². The molecule has 0 radical (unpaired) electrons. The van der Waals surface area contributed by atoms with Crippen molar-refractivity contribution < 1.29 is 8.83 Å². The van der Waals surface area contributed by atoms with E-state index in [0.29, 0.717) is 0 Å². The molecule has 0 saturated carbocycles. The smallest absolute Gasteiger partial charge is 0.143 e. The molecule has 2 aromatic heterocycles. The minimum Gasteiger partial charge on any atom is -0.455 e. The first-order valence-electron chi connectivity index (χ1n) is 18.0. The molecule has 3 nitrogen and oxygen atoms in total. The Balaban J connectivity index is 1.06. The molecule has 0 saturated heterocycles. The molecule has 0 bridgehead atoms. The van der Waals surface area contributed by atoms with Gasteiger partial charge in [0, 0.05) is 54.9 Å². The molecule has 53 heavy (non-hydrogen) atoms. The quantitative estimate of drug-likeness (QED) is 0.182. The number of furan rings is 2. The molecule has 3 heteroatoms. The highest BCUT2D eigenvalue weighted by molar-refractivity contribution is 6.18. The first-order valence-corrected chi connectivity index (χ1v) is 18.0. The molecule has 248 valence electrons. The predicted molar refractivity (Wildman–Crippen MR) is 222 cm³/mol. The second-order valence-electron chi connectivity index (χ2n) is 13.7. The van der Waals surface area contributed by atoms with E-state index in [1.54, 1.807) is 0 Å². The van der Waals surface area contributed by atoms with Crippen molar-refractivity contribution in [1.82, 2.24) is 0 Å². The third-order valence-corrected chi connectivity index (χ3v) is 10.7. The van der Waals surface area contributed by atoms with Crippen LogP contribution in [0.2, 0.25) is 0 Å². The Bertz CT molecular complexity index is 3150. The summed E-state index contributed by atoms with van der Waals surface area (Å²) in [4.78, 5) is 2.33. The summed E-state index contributed by atoms with van der Waals surface area (Å²) >= 11 is 0. The summed E-state index contributed by atoms with van der Waals surface area (Å²) in [6.07, 6.45) is 0. The van der Waals surface area contributed by atoms with Crippen LogP contribution in [0.3, 0.4) is 0 Å². The first-order chi connectivity index (χ1) is 26.3. The van der Waals surface area contributed by atoms with E-state index < -0.39 is 0 Å². The van der Waals surface area contributed by atoms with Gasteiger partial charge in [0.2, 0.25) is 0 Å². The van der Waals surface area contributed by atoms with Gasteiger partial charge < -0.3 is 13.7 Å². The minimum absolute atomic E-state index is 0.900. The molecule has 0 atom stereocenters. The van der Waals surface area contributed by atoms with Crippen LogP contribution >= 0.6 is 0 Å². The van der Waals surface area contributed by atoms with Crippen molar-refractivity contribution in [3.8, 4) is 22.3 Å². The highest BCUT2D eigenvalue weighted by Gasteiger charge is 2.18. The van der Waals surface area contributed by atoms with Crippen LogP contribution in [0.5, 0.6) is 0 Å². The lowest BCUT2D eigenvalue weighted by Gasteiger charge is -2.26. The number of hydrogen-bond acceptors (Lipinski definition) is 3. The number of hydrogen-bond donors (Lipinski definition) is 0. The average molecular weight is 678 g/mol. The van der Waals surface area contributed by atoms with Gasteiger partial charge in [-0.3, -0.25) is 0 Å². The van der Waals surface area contributed by atoms with Crippen molar-refractivity contribution >= 4 is 82.5 Å². The van der Waals surface area contributed by atoms with E-state index in [2.05, 4.69) is 181 Å². The Kier molecular flexibility index (Phi) is 6.55. The fourth-order valence-corrected chi connectivity index (χ4v) is 8.05. The predicted octanol–water partition coefficient (Wildman–Crippen LogP) is 14.6. The van der Waals surface area contributed by atoms with Crippen molar-refractivity contribution in [3.05, 3.63) is 188 Å². The molecule has 11 rings (SSSR count). The van der Waals surface area contributed by atoms with Gasteiger partial charge in [0.15, 0.2) is 0 Å². The summed E-state index contributed by atoms with van der Waals surface area (Å²) in [5, 5.41) is 9.05. The summed E-state index contributed by atoms with van der Waals surface area (Å²) in [5.41, 5.74) is 11.4. The monoisotopic (exact) mass is 677 g/mol. The lowest BCUT2D eigenvalue weighted by Crippen LogP contribution is -2.09. The van der Waals surface area contributed by atoms with Gasteiger partial charge in [-0.2, -0.15) is 0 Å². The van der Waals surface area contributed by atoms with Crippen LogP contribution in [-0.4, -0.2) is 0 Å². The van der Waals surface area contributed by atoms with Crippen LogP contribution in [0.15, 0.2) is 197 Å². The van der Waals surface area contributed by atoms with Gasteiger partial charge >= 0.3 is 0 Å². The second-order valence-corrected chi connectivity index (χ2v) is 13.7. The minimum atomic E-state index is 0.900. The third kappa shape index (κ3) is 4.75. The number of nitrogens with zero attached hydrogens (tertiary/aromatic N) is 1. The van der Waals surface area contributed by atoms with Crippen LogP contribution in [0, 0.1) is 0 Å². The summed E-state index contributed by atoms with van der Waals surface area (Å²) in [6, 6.07) is 66.7. The van der Waals surface area contributed by atoms with E-state index in [4.69, 9.17) is 8.83 Å².